The molecule has 124 valence electrons. The van der Waals surface area contributed by atoms with Gasteiger partial charge in [-0.15, -0.1) is 0 Å². The molecule has 0 spiro atoms. The van der Waals surface area contributed by atoms with Crippen molar-refractivity contribution in [3.05, 3.63) is 11.6 Å². The van der Waals surface area contributed by atoms with Crippen molar-refractivity contribution in [1.29, 1.82) is 0 Å². The van der Waals surface area contributed by atoms with E-state index in [4.69, 9.17) is 9.47 Å². The maximum Gasteiger partial charge on any atom is 0.249 e. The topological polar surface area (TPSA) is 38.8 Å². The number of ether oxygens (including phenoxy) is 2. The molecule has 4 nitrogen and oxygen atoms in total. The SMILES string of the molecule is CC(C)OC[C@@]12CCCO[C@@H]1CCN(C(=O)C1=CCCC1)C2. The van der Waals surface area contributed by atoms with Gasteiger partial charge in [0.15, 0.2) is 0 Å². The minimum absolute atomic E-state index is 0.00437. The Labute approximate surface area is 133 Å². The summed E-state index contributed by atoms with van der Waals surface area (Å²) >= 11 is 0. The molecular formula is C18H29NO3. The number of nitrogens with zero attached hydrogens (tertiary/aromatic N) is 1. The minimum atomic E-state index is -0.00437. The summed E-state index contributed by atoms with van der Waals surface area (Å²) in [6.45, 7) is 7.32. The van der Waals surface area contributed by atoms with Crippen LogP contribution in [0.25, 0.3) is 0 Å². The minimum Gasteiger partial charge on any atom is -0.378 e. The highest BCUT2D eigenvalue weighted by molar-refractivity contribution is 5.93. The summed E-state index contributed by atoms with van der Waals surface area (Å²) in [7, 11) is 0. The van der Waals surface area contributed by atoms with Crippen LogP contribution in [0.15, 0.2) is 11.6 Å². The van der Waals surface area contributed by atoms with Crippen molar-refractivity contribution in [2.24, 2.45) is 5.41 Å². The molecule has 3 aliphatic rings. The summed E-state index contributed by atoms with van der Waals surface area (Å²) in [4.78, 5) is 14.8. The Morgan fingerprint density at radius 1 is 1.50 bits per heavy atom. The lowest BCUT2D eigenvalue weighted by molar-refractivity contribution is -0.166. The molecule has 2 aliphatic heterocycles. The summed E-state index contributed by atoms with van der Waals surface area (Å²) < 4.78 is 12.0. The molecule has 0 aromatic carbocycles. The molecule has 0 aromatic heterocycles. The van der Waals surface area contributed by atoms with Crippen molar-refractivity contribution in [3.63, 3.8) is 0 Å². The maximum absolute atomic E-state index is 12.7. The second kappa shape index (κ2) is 6.71. The molecule has 0 unspecified atom stereocenters. The van der Waals surface area contributed by atoms with Gasteiger partial charge in [-0.25, -0.2) is 0 Å². The monoisotopic (exact) mass is 307 g/mol. The van der Waals surface area contributed by atoms with Gasteiger partial charge in [0.05, 0.1) is 18.8 Å². The molecule has 1 amide bonds. The van der Waals surface area contributed by atoms with Gasteiger partial charge in [-0.3, -0.25) is 4.79 Å². The van der Waals surface area contributed by atoms with E-state index in [1.165, 1.54) is 0 Å². The van der Waals surface area contributed by atoms with E-state index >= 15 is 0 Å². The third-order valence-electron chi connectivity index (χ3n) is 5.30. The van der Waals surface area contributed by atoms with Crippen LogP contribution in [0.2, 0.25) is 0 Å². The summed E-state index contributed by atoms with van der Waals surface area (Å²) in [5.41, 5.74) is 1.02. The smallest absolute Gasteiger partial charge is 0.249 e. The first kappa shape index (κ1) is 16.0. The highest BCUT2D eigenvalue weighted by Crippen LogP contribution is 2.41. The van der Waals surface area contributed by atoms with E-state index in [9.17, 15) is 4.79 Å². The summed E-state index contributed by atoms with van der Waals surface area (Å²) in [5.74, 6) is 0.255. The van der Waals surface area contributed by atoms with E-state index < -0.39 is 0 Å². The van der Waals surface area contributed by atoms with Crippen LogP contribution in [0, 0.1) is 5.41 Å². The number of allylic oxidation sites excluding steroid dienone is 1. The molecule has 0 aromatic rings. The van der Waals surface area contributed by atoms with Crippen molar-refractivity contribution in [3.8, 4) is 0 Å². The normalized spacial score (nSPS) is 32.0. The Morgan fingerprint density at radius 2 is 2.36 bits per heavy atom. The van der Waals surface area contributed by atoms with Gasteiger partial charge in [-0.2, -0.15) is 0 Å². The fourth-order valence-electron chi connectivity index (χ4n) is 4.08. The third-order valence-corrected chi connectivity index (χ3v) is 5.30. The summed E-state index contributed by atoms with van der Waals surface area (Å²) in [5, 5.41) is 0. The Balaban J connectivity index is 1.72. The van der Waals surface area contributed by atoms with Crippen molar-refractivity contribution < 1.29 is 14.3 Å². The Hall–Kier alpha value is -0.870. The first-order valence-corrected chi connectivity index (χ1v) is 8.82. The predicted molar refractivity (Wildman–Crippen MR) is 85.6 cm³/mol. The number of likely N-dealkylation sites (tertiary alicyclic amines) is 1. The molecule has 2 atom stereocenters. The zero-order valence-corrected chi connectivity index (χ0v) is 14.0. The molecule has 4 heteroatoms. The van der Waals surface area contributed by atoms with Crippen LogP contribution >= 0.6 is 0 Å². The average molecular weight is 307 g/mol. The molecule has 2 fully saturated rings. The van der Waals surface area contributed by atoms with Crippen LogP contribution < -0.4 is 0 Å². The highest BCUT2D eigenvalue weighted by Gasteiger charge is 2.47. The van der Waals surface area contributed by atoms with Crippen LogP contribution in [0.3, 0.4) is 0 Å². The molecule has 0 N–H and O–H groups in total. The molecule has 2 saturated heterocycles. The molecular weight excluding hydrogens is 278 g/mol. The van der Waals surface area contributed by atoms with Crippen LogP contribution in [0.5, 0.6) is 0 Å². The number of rotatable bonds is 4. The lowest BCUT2D eigenvalue weighted by atomic mass is 9.73. The fraction of sp³-hybridized carbons (Fsp3) is 0.833. The van der Waals surface area contributed by atoms with Gasteiger partial charge in [-0.1, -0.05) is 6.08 Å². The Kier molecular flexibility index (Phi) is 4.88. The second-order valence-corrected chi connectivity index (χ2v) is 7.32. The van der Waals surface area contributed by atoms with Gasteiger partial charge in [0.1, 0.15) is 0 Å². The van der Waals surface area contributed by atoms with Crippen molar-refractivity contribution in [1.82, 2.24) is 4.90 Å². The van der Waals surface area contributed by atoms with E-state index in [0.717, 1.165) is 63.8 Å². The zero-order chi connectivity index (χ0) is 15.6. The lowest BCUT2D eigenvalue weighted by Gasteiger charge is -2.50. The summed E-state index contributed by atoms with van der Waals surface area (Å²) in [6, 6.07) is 0. The zero-order valence-electron chi connectivity index (χ0n) is 14.0. The third kappa shape index (κ3) is 3.23. The first-order chi connectivity index (χ1) is 10.6. The van der Waals surface area contributed by atoms with E-state index in [1.807, 2.05) is 0 Å². The Bertz CT molecular complexity index is 446. The molecule has 0 bridgehead atoms. The van der Waals surface area contributed by atoms with Crippen molar-refractivity contribution >= 4 is 5.91 Å². The van der Waals surface area contributed by atoms with E-state index in [0.29, 0.717) is 6.61 Å². The molecule has 0 radical (unpaired) electrons. The number of amides is 1. The maximum atomic E-state index is 12.7. The number of carbonyl (C=O) groups excluding carboxylic acids is 1. The van der Waals surface area contributed by atoms with Crippen LogP contribution in [0.4, 0.5) is 0 Å². The molecule has 1 aliphatic carbocycles. The van der Waals surface area contributed by atoms with Crippen LogP contribution in [-0.2, 0) is 14.3 Å². The van der Waals surface area contributed by atoms with Crippen molar-refractivity contribution in [2.75, 3.05) is 26.3 Å². The van der Waals surface area contributed by atoms with Gasteiger partial charge < -0.3 is 14.4 Å². The standard InChI is InChI=1S/C18H29NO3/c1-14(2)22-13-18-9-5-11-21-16(18)8-10-19(12-18)17(20)15-6-3-4-7-15/h6,14,16H,3-5,7-13H2,1-2H3/t16-,18+/m1/s1. The lowest BCUT2D eigenvalue weighted by Crippen LogP contribution is -2.58. The number of carbonyl (C=O) groups is 1. The number of hydrogen-bond donors (Lipinski definition) is 0. The second-order valence-electron chi connectivity index (χ2n) is 7.32. The van der Waals surface area contributed by atoms with Crippen LogP contribution in [-0.4, -0.2) is 49.3 Å². The van der Waals surface area contributed by atoms with Gasteiger partial charge >= 0.3 is 0 Å². The number of fused-ring (bicyclic) bond motifs is 1. The number of piperidine rings is 1. The van der Waals surface area contributed by atoms with E-state index in [-0.39, 0.29) is 23.5 Å². The van der Waals surface area contributed by atoms with Gasteiger partial charge in [0, 0.05) is 30.7 Å². The Morgan fingerprint density at radius 3 is 3.09 bits per heavy atom. The van der Waals surface area contributed by atoms with Crippen molar-refractivity contribution in [2.45, 2.75) is 64.6 Å². The first-order valence-electron chi connectivity index (χ1n) is 8.82. The average Bonchev–Trinajstić information content (AvgIpc) is 3.06. The van der Waals surface area contributed by atoms with E-state index in [2.05, 4.69) is 24.8 Å². The predicted octanol–water partition coefficient (Wildman–Crippen LogP) is 2.92. The van der Waals surface area contributed by atoms with Crippen LogP contribution in [0.1, 0.15) is 52.4 Å². The van der Waals surface area contributed by atoms with Gasteiger partial charge in [0.2, 0.25) is 5.91 Å². The molecule has 22 heavy (non-hydrogen) atoms. The van der Waals surface area contributed by atoms with E-state index in [1.54, 1.807) is 0 Å². The molecule has 2 heterocycles. The number of hydrogen-bond acceptors (Lipinski definition) is 3. The van der Waals surface area contributed by atoms with Gasteiger partial charge in [-0.05, 0) is 52.4 Å². The molecule has 3 rings (SSSR count). The quantitative estimate of drug-likeness (QED) is 0.801. The fourth-order valence-corrected chi connectivity index (χ4v) is 4.08. The van der Waals surface area contributed by atoms with Gasteiger partial charge in [0.25, 0.3) is 0 Å². The highest BCUT2D eigenvalue weighted by atomic mass is 16.5. The summed E-state index contributed by atoms with van der Waals surface area (Å²) in [6.07, 6.45) is 8.86. The molecule has 0 saturated carbocycles. The largest absolute Gasteiger partial charge is 0.378 e.